The molecular weight excluding hydrogens is 368 g/mol. The van der Waals surface area contributed by atoms with Gasteiger partial charge in [0.05, 0.1) is 17.8 Å². The van der Waals surface area contributed by atoms with Crippen LogP contribution < -0.4 is 10.9 Å². The molecule has 0 radical (unpaired) electrons. The Hall–Kier alpha value is -2.73. The molecule has 2 heterocycles. The molecule has 144 valence electrons. The number of aryl methyl sites for hydroxylation is 2. The van der Waals surface area contributed by atoms with Gasteiger partial charge in [-0.05, 0) is 32.3 Å². The summed E-state index contributed by atoms with van der Waals surface area (Å²) in [6.07, 6.45) is 1.30. The van der Waals surface area contributed by atoms with E-state index in [2.05, 4.69) is 10.3 Å². The van der Waals surface area contributed by atoms with Crippen molar-refractivity contribution in [3.63, 3.8) is 0 Å². The number of nitrogens with zero attached hydrogens (tertiary/aromatic N) is 3. The Balaban J connectivity index is 2.03. The molecular formula is C18H22N4O4S. The van der Waals surface area contributed by atoms with E-state index in [4.69, 9.17) is 4.74 Å². The highest BCUT2D eigenvalue weighted by atomic mass is 32.1. The lowest BCUT2D eigenvalue weighted by atomic mass is 9.90. The Morgan fingerprint density at radius 2 is 2.11 bits per heavy atom. The second-order valence-electron chi connectivity index (χ2n) is 6.82. The van der Waals surface area contributed by atoms with E-state index in [0.29, 0.717) is 10.2 Å². The second-order valence-corrected chi connectivity index (χ2v) is 8.02. The molecule has 0 aliphatic carbocycles. The van der Waals surface area contributed by atoms with Gasteiger partial charge in [0.1, 0.15) is 16.9 Å². The topological polar surface area (TPSA) is 114 Å². The molecule has 0 saturated carbocycles. The predicted molar refractivity (Wildman–Crippen MR) is 101 cm³/mol. The Bertz CT molecular complexity index is 986. The van der Waals surface area contributed by atoms with Crippen molar-refractivity contribution in [2.24, 2.45) is 5.92 Å². The van der Waals surface area contributed by atoms with Crippen molar-refractivity contribution in [1.82, 2.24) is 14.9 Å². The molecule has 0 aliphatic heterocycles. The summed E-state index contributed by atoms with van der Waals surface area (Å²) in [6.45, 7) is 8.09. The molecule has 0 aliphatic rings. The van der Waals surface area contributed by atoms with E-state index in [1.54, 1.807) is 20.8 Å². The van der Waals surface area contributed by atoms with Crippen molar-refractivity contribution >= 4 is 33.4 Å². The van der Waals surface area contributed by atoms with Crippen molar-refractivity contribution in [1.29, 1.82) is 5.26 Å². The van der Waals surface area contributed by atoms with Crippen molar-refractivity contribution in [2.45, 2.75) is 46.7 Å². The third kappa shape index (κ3) is 4.34. The van der Waals surface area contributed by atoms with Gasteiger partial charge in [0.25, 0.3) is 11.5 Å². The number of thiophene rings is 1. The number of rotatable bonds is 6. The molecule has 2 aromatic heterocycles. The number of nitriles is 1. The SMILES string of the molecule is Cc1sc2ncn(CC(=O)OCC(=O)N[C@@](C)(C#N)C(C)C)c(=O)c2c1C. The lowest BCUT2D eigenvalue weighted by Gasteiger charge is -2.27. The molecule has 27 heavy (non-hydrogen) atoms. The maximum atomic E-state index is 12.5. The zero-order valence-corrected chi connectivity index (χ0v) is 16.8. The fourth-order valence-electron chi connectivity index (χ4n) is 2.34. The number of esters is 1. The van der Waals surface area contributed by atoms with Crippen LogP contribution in [0.25, 0.3) is 10.2 Å². The van der Waals surface area contributed by atoms with Gasteiger partial charge in [-0.25, -0.2) is 4.98 Å². The zero-order chi connectivity index (χ0) is 20.4. The van der Waals surface area contributed by atoms with Crippen molar-refractivity contribution in [2.75, 3.05) is 6.61 Å². The van der Waals surface area contributed by atoms with Gasteiger partial charge in [-0.1, -0.05) is 13.8 Å². The monoisotopic (exact) mass is 390 g/mol. The first-order valence-electron chi connectivity index (χ1n) is 8.42. The summed E-state index contributed by atoms with van der Waals surface area (Å²) in [4.78, 5) is 42.3. The van der Waals surface area contributed by atoms with Crippen LogP contribution in [-0.2, 0) is 20.9 Å². The standard InChI is InChI=1S/C18H22N4O4S/c1-10(2)18(5,8-19)21-13(23)7-26-14(24)6-22-9-20-16-15(17(22)25)11(3)12(4)27-16/h9-10H,6-7H2,1-5H3,(H,21,23)/t18-/m0/s1. The van der Waals surface area contributed by atoms with Crippen molar-refractivity contribution in [3.05, 3.63) is 27.1 Å². The fraction of sp³-hybridized carbons (Fsp3) is 0.500. The minimum Gasteiger partial charge on any atom is -0.454 e. The first kappa shape index (κ1) is 20.6. The van der Waals surface area contributed by atoms with Crippen LogP contribution in [-0.4, -0.2) is 33.6 Å². The van der Waals surface area contributed by atoms with Crippen LogP contribution in [0.3, 0.4) is 0 Å². The van der Waals surface area contributed by atoms with E-state index in [9.17, 15) is 19.6 Å². The minimum absolute atomic E-state index is 0.115. The molecule has 2 rings (SSSR count). The van der Waals surface area contributed by atoms with Gasteiger partial charge in [-0.2, -0.15) is 5.26 Å². The van der Waals surface area contributed by atoms with Crippen LogP contribution in [0.2, 0.25) is 0 Å². The summed E-state index contributed by atoms with van der Waals surface area (Å²) in [5, 5.41) is 12.2. The van der Waals surface area contributed by atoms with Crippen molar-refractivity contribution < 1.29 is 14.3 Å². The first-order chi connectivity index (χ1) is 12.6. The number of hydrogen-bond acceptors (Lipinski definition) is 7. The summed E-state index contributed by atoms with van der Waals surface area (Å²) < 4.78 is 6.10. The van der Waals surface area contributed by atoms with Crippen LogP contribution >= 0.6 is 11.3 Å². The number of carbonyl (C=O) groups excluding carboxylic acids is 2. The highest BCUT2D eigenvalue weighted by Crippen LogP contribution is 2.25. The van der Waals surface area contributed by atoms with Gasteiger partial charge >= 0.3 is 5.97 Å². The highest BCUT2D eigenvalue weighted by Gasteiger charge is 2.30. The lowest BCUT2D eigenvalue weighted by Crippen LogP contribution is -2.50. The second kappa shape index (κ2) is 7.88. The molecule has 0 spiro atoms. The minimum atomic E-state index is -1.05. The number of nitrogens with one attached hydrogen (secondary N) is 1. The first-order valence-corrected chi connectivity index (χ1v) is 9.23. The van der Waals surface area contributed by atoms with Crippen LogP contribution in [0.5, 0.6) is 0 Å². The zero-order valence-electron chi connectivity index (χ0n) is 16.0. The summed E-state index contributed by atoms with van der Waals surface area (Å²) >= 11 is 1.42. The number of carbonyl (C=O) groups is 2. The number of amides is 1. The normalized spacial score (nSPS) is 13.2. The molecule has 0 unspecified atom stereocenters. The molecule has 2 aromatic rings. The highest BCUT2D eigenvalue weighted by molar-refractivity contribution is 7.18. The number of ether oxygens (including phenoxy) is 1. The van der Waals surface area contributed by atoms with E-state index in [1.165, 1.54) is 17.7 Å². The predicted octanol–water partition coefficient (Wildman–Crippen LogP) is 1.67. The molecule has 0 aromatic carbocycles. The Morgan fingerprint density at radius 1 is 1.44 bits per heavy atom. The van der Waals surface area contributed by atoms with Gasteiger partial charge < -0.3 is 10.1 Å². The van der Waals surface area contributed by atoms with E-state index in [1.807, 2.05) is 19.9 Å². The molecule has 1 amide bonds. The van der Waals surface area contributed by atoms with Crippen molar-refractivity contribution in [3.8, 4) is 6.07 Å². The Morgan fingerprint density at radius 3 is 2.70 bits per heavy atom. The molecule has 9 heteroatoms. The van der Waals surface area contributed by atoms with E-state index >= 15 is 0 Å². The fourth-order valence-corrected chi connectivity index (χ4v) is 3.33. The summed E-state index contributed by atoms with van der Waals surface area (Å²) in [5.74, 6) is -1.43. The molecule has 1 N–H and O–H groups in total. The van der Waals surface area contributed by atoms with Crippen LogP contribution in [0.4, 0.5) is 0 Å². The van der Waals surface area contributed by atoms with E-state index in [0.717, 1.165) is 15.0 Å². The number of aromatic nitrogens is 2. The molecule has 0 saturated heterocycles. The van der Waals surface area contributed by atoms with E-state index in [-0.39, 0.29) is 18.0 Å². The largest absolute Gasteiger partial charge is 0.454 e. The maximum absolute atomic E-state index is 12.5. The average molecular weight is 390 g/mol. The quantitative estimate of drug-likeness (QED) is 0.751. The van der Waals surface area contributed by atoms with Gasteiger partial charge in [0.15, 0.2) is 6.61 Å². The van der Waals surface area contributed by atoms with Crippen LogP contribution in [0, 0.1) is 31.1 Å². The smallest absolute Gasteiger partial charge is 0.326 e. The lowest BCUT2D eigenvalue weighted by molar-refractivity contribution is -0.149. The van der Waals surface area contributed by atoms with Crippen LogP contribution in [0.1, 0.15) is 31.2 Å². The van der Waals surface area contributed by atoms with Crippen LogP contribution in [0.15, 0.2) is 11.1 Å². The molecule has 0 fully saturated rings. The summed E-state index contributed by atoms with van der Waals surface area (Å²) in [7, 11) is 0. The van der Waals surface area contributed by atoms with Gasteiger partial charge in [0.2, 0.25) is 0 Å². The average Bonchev–Trinajstić information content (AvgIpc) is 2.90. The van der Waals surface area contributed by atoms with E-state index < -0.39 is 24.0 Å². The summed E-state index contributed by atoms with van der Waals surface area (Å²) in [5.41, 5.74) is -0.525. The molecule has 0 bridgehead atoms. The Labute approximate surface area is 160 Å². The molecule has 8 nitrogen and oxygen atoms in total. The van der Waals surface area contributed by atoms with Gasteiger partial charge in [0, 0.05) is 4.88 Å². The number of fused-ring (bicyclic) bond motifs is 1. The molecule has 1 atom stereocenters. The van der Waals surface area contributed by atoms with Gasteiger partial charge in [-0.3, -0.25) is 19.0 Å². The third-order valence-electron chi connectivity index (χ3n) is 4.61. The third-order valence-corrected chi connectivity index (χ3v) is 5.72. The Kier molecular flexibility index (Phi) is 6.01. The van der Waals surface area contributed by atoms with Gasteiger partial charge in [-0.15, -0.1) is 11.3 Å². The number of hydrogen-bond donors (Lipinski definition) is 1. The summed E-state index contributed by atoms with van der Waals surface area (Å²) in [6, 6.07) is 2.04. The maximum Gasteiger partial charge on any atom is 0.326 e.